The maximum atomic E-state index is 3.48. The predicted molar refractivity (Wildman–Crippen MR) is 80.4 cm³/mol. The van der Waals surface area contributed by atoms with E-state index in [-0.39, 0.29) is 0 Å². The molecule has 0 bridgehead atoms. The second-order valence-electron chi connectivity index (χ2n) is 6.28. The molecule has 1 heterocycles. The van der Waals surface area contributed by atoms with Gasteiger partial charge in [-0.3, -0.25) is 4.90 Å². The van der Waals surface area contributed by atoms with E-state index in [4.69, 9.17) is 0 Å². The fourth-order valence-electron chi connectivity index (χ4n) is 3.54. The molecule has 0 radical (unpaired) electrons. The number of benzene rings is 1. The van der Waals surface area contributed by atoms with Crippen LogP contribution in [0.1, 0.15) is 42.0 Å². The molecular weight excluding hydrogens is 232 g/mol. The highest BCUT2D eigenvalue weighted by Crippen LogP contribution is 2.42. The van der Waals surface area contributed by atoms with Crippen LogP contribution >= 0.6 is 0 Å². The zero-order valence-corrected chi connectivity index (χ0v) is 12.3. The Labute approximate surface area is 117 Å². The van der Waals surface area contributed by atoms with E-state index in [9.17, 15) is 0 Å². The van der Waals surface area contributed by atoms with E-state index in [0.717, 1.165) is 19.0 Å². The SMILES string of the molecule is Cc1ccc(C)c([C@@H](C2CCC2)N2CCNCC2)c1. The third kappa shape index (κ3) is 2.70. The number of hydrogen-bond acceptors (Lipinski definition) is 2. The molecule has 1 aliphatic carbocycles. The summed E-state index contributed by atoms with van der Waals surface area (Å²) in [5, 5.41) is 3.48. The highest BCUT2D eigenvalue weighted by Gasteiger charge is 2.34. The second kappa shape index (κ2) is 5.64. The van der Waals surface area contributed by atoms with Crippen LogP contribution in [0.3, 0.4) is 0 Å². The highest BCUT2D eigenvalue weighted by atomic mass is 15.2. The van der Waals surface area contributed by atoms with Crippen LogP contribution in [0.2, 0.25) is 0 Å². The zero-order chi connectivity index (χ0) is 13.2. The molecule has 1 aromatic carbocycles. The highest BCUT2D eigenvalue weighted by molar-refractivity contribution is 5.34. The van der Waals surface area contributed by atoms with Gasteiger partial charge in [-0.05, 0) is 43.7 Å². The molecule has 1 aromatic rings. The maximum Gasteiger partial charge on any atom is 0.0380 e. The van der Waals surface area contributed by atoms with Gasteiger partial charge in [0.2, 0.25) is 0 Å². The summed E-state index contributed by atoms with van der Waals surface area (Å²) in [5.74, 6) is 0.888. The van der Waals surface area contributed by atoms with Crippen LogP contribution in [0.5, 0.6) is 0 Å². The fraction of sp³-hybridized carbons (Fsp3) is 0.647. The quantitative estimate of drug-likeness (QED) is 0.896. The van der Waals surface area contributed by atoms with E-state index >= 15 is 0 Å². The van der Waals surface area contributed by atoms with Crippen molar-refractivity contribution in [3.63, 3.8) is 0 Å². The van der Waals surface area contributed by atoms with Gasteiger partial charge in [0.25, 0.3) is 0 Å². The second-order valence-corrected chi connectivity index (χ2v) is 6.28. The molecule has 2 nitrogen and oxygen atoms in total. The van der Waals surface area contributed by atoms with Crippen molar-refractivity contribution in [2.75, 3.05) is 26.2 Å². The van der Waals surface area contributed by atoms with Crippen LogP contribution in [0.4, 0.5) is 0 Å². The van der Waals surface area contributed by atoms with Crippen LogP contribution in [0, 0.1) is 19.8 Å². The minimum Gasteiger partial charge on any atom is -0.314 e. The first-order valence-electron chi connectivity index (χ1n) is 7.77. The number of aryl methyl sites for hydroxylation is 2. The van der Waals surface area contributed by atoms with Crippen LogP contribution in [-0.4, -0.2) is 31.1 Å². The van der Waals surface area contributed by atoms with E-state index in [0.29, 0.717) is 6.04 Å². The van der Waals surface area contributed by atoms with Gasteiger partial charge in [0, 0.05) is 32.2 Å². The van der Waals surface area contributed by atoms with Crippen molar-refractivity contribution in [2.24, 2.45) is 5.92 Å². The largest absolute Gasteiger partial charge is 0.314 e. The molecule has 0 spiro atoms. The van der Waals surface area contributed by atoms with Crippen molar-refractivity contribution in [1.29, 1.82) is 0 Å². The van der Waals surface area contributed by atoms with Crippen LogP contribution < -0.4 is 5.32 Å². The van der Waals surface area contributed by atoms with Gasteiger partial charge in [0.1, 0.15) is 0 Å². The van der Waals surface area contributed by atoms with Crippen molar-refractivity contribution in [3.05, 3.63) is 34.9 Å². The molecule has 2 fully saturated rings. The molecule has 104 valence electrons. The molecule has 1 saturated carbocycles. The van der Waals surface area contributed by atoms with Crippen molar-refractivity contribution >= 4 is 0 Å². The summed E-state index contributed by atoms with van der Waals surface area (Å²) in [6.07, 6.45) is 4.27. The van der Waals surface area contributed by atoms with Gasteiger partial charge >= 0.3 is 0 Å². The Balaban J connectivity index is 1.90. The van der Waals surface area contributed by atoms with E-state index in [1.54, 1.807) is 5.56 Å². The van der Waals surface area contributed by atoms with Gasteiger partial charge in [-0.15, -0.1) is 0 Å². The average molecular weight is 258 g/mol. The van der Waals surface area contributed by atoms with Gasteiger partial charge in [0.15, 0.2) is 0 Å². The fourth-order valence-corrected chi connectivity index (χ4v) is 3.54. The lowest BCUT2D eigenvalue weighted by Crippen LogP contribution is -2.48. The number of hydrogen-bond donors (Lipinski definition) is 1. The first-order chi connectivity index (χ1) is 9.25. The van der Waals surface area contributed by atoms with E-state index in [1.165, 1.54) is 43.5 Å². The Hall–Kier alpha value is -0.860. The minimum absolute atomic E-state index is 0.663. The van der Waals surface area contributed by atoms with Gasteiger partial charge in [-0.2, -0.15) is 0 Å². The number of nitrogens with one attached hydrogen (secondary N) is 1. The third-order valence-electron chi connectivity index (χ3n) is 4.89. The summed E-state index contributed by atoms with van der Waals surface area (Å²) in [6.45, 7) is 9.20. The first-order valence-corrected chi connectivity index (χ1v) is 7.77. The molecule has 0 aromatic heterocycles. The topological polar surface area (TPSA) is 15.3 Å². The van der Waals surface area contributed by atoms with E-state index in [1.807, 2.05) is 0 Å². The summed E-state index contributed by atoms with van der Waals surface area (Å²) in [7, 11) is 0. The summed E-state index contributed by atoms with van der Waals surface area (Å²) >= 11 is 0. The van der Waals surface area contributed by atoms with Crippen molar-refractivity contribution in [2.45, 2.75) is 39.2 Å². The Kier molecular flexibility index (Phi) is 3.90. The predicted octanol–water partition coefficient (Wildman–Crippen LogP) is 3.05. The average Bonchev–Trinajstić information content (AvgIpc) is 2.38. The molecule has 0 unspecified atom stereocenters. The lowest BCUT2D eigenvalue weighted by atomic mass is 9.75. The van der Waals surface area contributed by atoms with E-state index in [2.05, 4.69) is 42.3 Å². The molecule has 1 N–H and O–H groups in total. The van der Waals surface area contributed by atoms with Crippen molar-refractivity contribution in [3.8, 4) is 0 Å². The van der Waals surface area contributed by atoms with Gasteiger partial charge in [0.05, 0.1) is 0 Å². The van der Waals surface area contributed by atoms with E-state index < -0.39 is 0 Å². The van der Waals surface area contributed by atoms with Gasteiger partial charge in [-0.1, -0.05) is 30.2 Å². The molecule has 1 aliphatic heterocycles. The first kappa shape index (κ1) is 13.1. The van der Waals surface area contributed by atoms with Crippen LogP contribution in [-0.2, 0) is 0 Å². The normalized spacial score (nSPS) is 23.1. The molecule has 1 atom stereocenters. The molecule has 2 aliphatic rings. The Morgan fingerprint density at radius 2 is 1.89 bits per heavy atom. The number of piperazine rings is 1. The standard InChI is InChI=1S/C17H26N2/c1-13-6-7-14(2)16(12-13)17(15-4-3-5-15)19-10-8-18-9-11-19/h6-7,12,15,17-18H,3-5,8-11H2,1-2H3/t17-/m1/s1. The molecular formula is C17H26N2. The summed E-state index contributed by atoms with van der Waals surface area (Å²) < 4.78 is 0. The van der Waals surface area contributed by atoms with Gasteiger partial charge in [-0.25, -0.2) is 0 Å². The molecule has 19 heavy (non-hydrogen) atoms. The van der Waals surface area contributed by atoms with Gasteiger partial charge < -0.3 is 5.32 Å². The Morgan fingerprint density at radius 1 is 1.16 bits per heavy atom. The molecule has 1 saturated heterocycles. The molecule has 3 rings (SSSR count). The monoisotopic (exact) mass is 258 g/mol. The summed E-state index contributed by atoms with van der Waals surface area (Å²) in [4.78, 5) is 2.72. The van der Waals surface area contributed by atoms with Crippen LogP contribution in [0.25, 0.3) is 0 Å². The Bertz CT molecular complexity index is 431. The van der Waals surface area contributed by atoms with Crippen molar-refractivity contribution in [1.82, 2.24) is 10.2 Å². The molecule has 2 heteroatoms. The summed E-state index contributed by atoms with van der Waals surface area (Å²) in [6, 6.07) is 7.64. The maximum absolute atomic E-state index is 3.48. The van der Waals surface area contributed by atoms with Crippen molar-refractivity contribution < 1.29 is 0 Å². The number of nitrogens with zero attached hydrogens (tertiary/aromatic N) is 1. The third-order valence-corrected chi connectivity index (χ3v) is 4.89. The summed E-state index contributed by atoms with van der Waals surface area (Å²) in [5.41, 5.74) is 4.47. The minimum atomic E-state index is 0.663. The lowest BCUT2D eigenvalue weighted by molar-refractivity contribution is 0.0832. The zero-order valence-electron chi connectivity index (χ0n) is 12.3. The lowest BCUT2D eigenvalue weighted by Gasteiger charge is -2.44. The Morgan fingerprint density at radius 3 is 2.53 bits per heavy atom. The number of rotatable bonds is 3. The smallest absolute Gasteiger partial charge is 0.0380 e. The molecule has 0 amide bonds. The van der Waals surface area contributed by atoms with Crippen LogP contribution in [0.15, 0.2) is 18.2 Å².